The summed E-state index contributed by atoms with van der Waals surface area (Å²) in [7, 11) is 0. The fourth-order valence-corrected chi connectivity index (χ4v) is 1.79. The molecule has 1 aromatic heterocycles. The summed E-state index contributed by atoms with van der Waals surface area (Å²) in [5.41, 5.74) is 0.733. The molecule has 0 aliphatic carbocycles. The van der Waals surface area contributed by atoms with E-state index in [9.17, 15) is 13.6 Å². The zero-order valence-corrected chi connectivity index (χ0v) is 11.6. The number of hydrogen-bond donors (Lipinski definition) is 0. The quantitative estimate of drug-likeness (QED) is 0.616. The molecular formula is C11H12F2INO2. The normalized spacial score (nSPS) is 10.7. The van der Waals surface area contributed by atoms with Crippen LogP contribution in [0.15, 0.2) is 6.07 Å². The molecular weight excluding hydrogens is 343 g/mol. The Morgan fingerprint density at radius 1 is 1.59 bits per heavy atom. The van der Waals surface area contributed by atoms with Gasteiger partial charge in [-0.05, 0) is 48.1 Å². The Balaban J connectivity index is 3.01. The minimum atomic E-state index is -2.63. The Morgan fingerprint density at radius 3 is 2.76 bits per heavy atom. The summed E-state index contributed by atoms with van der Waals surface area (Å²) in [5, 5.41) is 0. The summed E-state index contributed by atoms with van der Waals surface area (Å²) in [6.45, 7) is 3.67. The van der Waals surface area contributed by atoms with E-state index in [1.54, 1.807) is 13.8 Å². The number of esters is 1. The molecule has 0 fully saturated rings. The zero-order chi connectivity index (χ0) is 13.0. The number of aromatic nitrogens is 1. The zero-order valence-electron chi connectivity index (χ0n) is 9.47. The van der Waals surface area contributed by atoms with Gasteiger partial charge in [-0.3, -0.25) is 9.78 Å². The minimum absolute atomic E-state index is 0.0759. The third-order valence-electron chi connectivity index (χ3n) is 2.07. The van der Waals surface area contributed by atoms with Crippen LogP contribution in [0.5, 0.6) is 0 Å². The van der Waals surface area contributed by atoms with Gasteiger partial charge in [0.15, 0.2) is 0 Å². The monoisotopic (exact) mass is 355 g/mol. The maximum atomic E-state index is 12.6. The highest BCUT2D eigenvalue weighted by Crippen LogP contribution is 2.23. The number of pyridine rings is 1. The molecule has 94 valence electrons. The second kappa shape index (κ2) is 6.23. The molecule has 0 saturated heterocycles. The lowest BCUT2D eigenvalue weighted by atomic mass is 10.2. The first kappa shape index (κ1) is 14.3. The van der Waals surface area contributed by atoms with E-state index in [0.29, 0.717) is 11.3 Å². The van der Waals surface area contributed by atoms with Crippen molar-refractivity contribution in [3.05, 3.63) is 26.6 Å². The average molecular weight is 355 g/mol. The lowest BCUT2D eigenvalue weighted by molar-refractivity contribution is -0.142. The highest BCUT2D eigenvalue weighted by molar-refractivity contribution is 14.1. The predicted molar refractivity (Wildman–Crippen MR) is 67.0 cm³/mol. The standard InChI is InChI=1S/C11H12F2INO2/c1-3-17-9(16)5-7-10(14)6(2)4-8(15-7)11(12)13/h4,11H,3,5H2,1-2H3. The molecule has 1 heterocycles. The van der Waals surface area contributed by atoms with E-state index in [0.717, 1.165) is 3.57 Å². The number of hydrogen-bond acceptors (Lipinski definition) is 3. The molecule has 0 aliphatic heterocycles. The van der Waals surface area contributed by atoms with Gasteiger partial charge < -0.3 is 4.74 Å². The first-order chi connectivity index (χ1) is 7.95. The summed E-state index contributed by atoms with van der Waals surface area (Å²) in [5.74, 6) is -0.455. The Hall–Kier alpha value is -0.790. The summed E-state index contributed by atoms with van der Waals surface area (Å²) in [6, 6.07) is 1.33. The molecule has 0 saturated carbocycles. The summed E-state index contributed by atoms with van der Waals surface area (Å²) in [4.78, 5) is 15.1. The van der Waals surface area contributed by atoms with Gasteiger partial charge in [-0.1, -0.05) is 0 Å². The fraction of sp³-hybridized carbons (Fsp3) is 0.455. The minimum Gasteiger partial charge on any atom is -0.466 e. The van der Waals surface area contributed by atoms with Crippen molar-refractivity contribution in [2.24, 2.45) is 0 Å². The molecule has 0 N–H and O–H groups in total. The molecule has 1 aromatic rings. The van der Waals surface area contributed by atoms with Gasteiger partial charge in [-0.2, -0.15) is 0 Å². The molecule has 0 atom stereocenters. The SMILES string of the molecule is CCOC(=O)Cc1nc(C(F)F)cc(C)c1I. The topological polar surface area (TPSA) is 39.2 Å². The highest BCUT2D eigenvalue weighted by Gasteiger charge is 2.16. The smallest absolute Gasteiger partial charge is 0.311 e. The summed E-state index contributed by atoms with van der Waals surface area (Å²) >= 11 is 1.99. The van der Waals surface area contributed by atoms with Crippen molar-refractivity contribution in [3.63, 3.8) is 0 Å². The molecule has 0 bridgehead atoms. The van der Waals surface area contributed by atoms with E-state index in [1.165, 1.54) is 6.07 Å². The molecule has 6 heteroatoms. The van der Waals surface area contributed by atoms with Crippen LogP contribution in [0.4, 0.5) is 8.78 Å². The second-order valence-corrected chi connectivity index (χ2v) is 4.49. The number of ether oxygens (including phenoxy) is 1. The maximum Gasteiger partial charge on any atom is 0.311 e. The Kier molecular flexibility index (Phi) is 5.23. The Bertz CT molecular complexity index is 424. The fourth-order valence-electron chi connectivity index (χ4n) is 1.33. The summed E-state index contributed by atoms with van der Waals surface area (Å²) in [6.07, 6.45) is -2.71. The lowest BCUT2D eigenvalue weighted by Crippen LogP contribution is -2.12. The first-order valence-electron chi connectivity index (χ1n) is 5.05. The van der Waals surface area contributed by atoms with E-state index in [1.807, 2.05) is 22.6 Å². The van der Waals surface area contributed by atoms with Gasteiger partial charge >= 0.3 is 5.97 Å². The van der Waals surface area contributed by atoms with Gasteiger partial charge in [-0.25, -0.2) is 8.78 Å². The summed E-state index contributed by atoms with van der Waals surface area (Å²) < 4.78 is 30.6. The highest BCUT2D eigenvalue weighted by atomic mass is 127. The predicted octanol–water partition coefficient (Wildman–Crippen LogP) is 3.04. The molecule has 0 aliphatic rings. The molecule has 0 aromatic carbocycles. The van der Waals surface area contributed by atoms with Crippen LogP contribution >= 0.6 is 22.6 Å². The number of carbonyl (C=O) groups excluding carboxylic acids is 1. The molecule has 0 amide bonds. The second-order valence-electron chi connectivity index (χ2n) is 3.41. The van der Waals surface area contributed by atoms with Crippen molar-refractivity contribution < 1.29 is 18.3 Å². The van der Waals surface area contributed by atoms with E-state index in [4.69, 9.17) is 4.74 Å². The molecule has 0 unspecified atom stereocenters. The van der Waals surface area contributed by atoms with Gasteiger partial charge in [0.05, 0.1) is 18.7 Å². The van der Waals surface area contributed by atoms with E-state index < -0.39 is 12.4 Å². The largest absolute Gasteiger partial charge is 0.466 e. The van der Waals surface area contributed by atoms with Crippen LogP contribution in [0.25, 0.3) is 0 Å². The van der Waals surface area contributed by atoms with Crippen LogP contribution in [0.3, 0.4) is 0 Å². The molecule has 3 nitrogen and oxygen atoms in total. The van der Waals surface area contributed by atoms with Crippen LogP contribution in [-0.4, -0.2) is 17.6 Å². The van der Waals surface area contributed by atoms with Gasteiger partial charge in [0.25, 0.3) is 6.43 Å². The lowest BCUT2D eigenvalue weighted by Gasteiger charge is -2.09. The number of nitrogens with zero attached hydrogens (tertiary/aromatic N) is 1. The number of rotatable bonds is 4. The van der Waals surface area contributed by atoms with Gasteiger partial charge in [0.1, 0.15) is 5.69 Å². The Labute approximate surface area is 112 Å². The van der Waals surface area contributed by atoms with Crippen LogP contribution in [0.1, 0.15) is 30.3 Å². The third-order valence-corrected chi connectivity index (χ3v) is 3.54. The molecule has 0 radical (unpaired) electrons. The van der Waals surface area contributed by atoms with E-state index >= 15 is 0 Å². The average Bonchev–Trinajstić information content (AvgIpc) is 2.24. The van der Waals surface area contributed by atoms with Crippen LogP contribution in [0.2, 0.25) is 0 Å². The van der Waals surface area contributed by atoms with Gasteiger partial charge in [0.2, 0.25) is 0 Å². The molecule has 0 spiro atoms. The van der Waals surface area contributed by atoms with Gasteiger partial charge in [0, 0.05) is 3.57 Å². The molecule has 17 heavy (non-hydrogen) atoms. The van der Waals surface area contributed by atoms with Crippen molar-refractivity contribution in [2.45, 2.75) is 26.7 Å². The third kappa shape index (κ3) is 3.86. The Morgan fingerprint density at radius 2 is 2.24 bits per heavy atom. The van der Waals surface area contributed by atoms with Crippen LogP contribution in [-0.2, 0) is 16.0 Å². The maximum absolute atomic E-state index is 12.6. The number of alkyl halides is 2. The van der Waals surface area contributed by atoms with Crippen LogP contribution in [0, 0.1) is 10.5 Å². The number of aryl methyl sites for hydroxylation is 1. The first-order valence-corrected chi connectivity index (χ1v) is 6.13. The van der Waals surface area contributed by atoms with Crippen molar-refractivity contribution >= 4 is 28.6 Å². The van der Waals surface area contributed by atoms with E-state index in [2.05, 4.69) is 4.98 Å². The van der Waals surface area contributed by atoms with Crippen molar-refractivity contribution in [2.75, 3.05) is 6.61 Å². The van der Waals surface area contributed by atoms with E-state index in [-0.39, 0.29) is 18.7 Å². The van der Waals surface area contributed by atoms with Crippen molar-refractivity contribution in [3.8, 4) is 0 Å². The van der Waals surface area contributed by atoms with Crippen molar-refractivity contribution in [1.82, 2.24) is 4.98 Å². The number of carbonyl (C=O) groups is 1. The molecule has 1 rings (SSSR count). The van der Waals surface area contributed by atoms with Crippen LogP contribution < -0.4 is 0 Å². The van der Waals surface area contributed by atoms with Crippen molar-refractivity contribution in [1.29, 1.82) is 0 Å². The number of halogens is 3. The van der Waals surface area contributed by atoms with Gasteiger partial charge in [-0.15, -0.1) is 0 Å².